The molecule has 98 valence electrons. The second-order valence-electron chi connectivity index (χ2n) is 5.25. The van der Waals surface area contributed by atoms with Gasteiger partial charge in [-0.25, -0.2) is 0 Å². The smallest absolute Gasteiger partial charge is 0.178 e. The monoisotopic (exact) mass is 282 g/mol. The van der Waals surface area contributed by atoms with Gasteiger partial charge < -0.3 is 9.55 Å². The number of nitrogens with one attached hydrogen (secondary N) is 1. The highest BCUT2D eigenvalue weighted by Gasteiger charge is 2.12. The summed E-state index contributed by atoms with van der Waals surface area (Å²) >= 11 is 11.6. The van der Waals surface area contributed by atoms with Crippen LogP contribution < -0.4 is 0 Å². The van der Waals surface area contributed by atoms with Crippen molar-refractivity contribution in [1.82, 2.24) is 9.55 Å². The molecule has 2 nitrogen and oxygen atoms in total. The second-order valence-corrected chi connectivity index (χ2v) is 6.05. The second kappa shape index (κ2) is 5.45. The number of imidazole rings is 1. The summed E-state index contributed by atoms with van der Waals surface area (Å²) in [6.07, 6.45) is 2.33. The molecule has 4 heteroatoms. The Labute approximate surface area is 118 Å². The van der Waals surface area contributed by atoms with Crippen molar-refractivity contribution in [2.24, 2.45) is 5.92 Å². The van der Waals surface area contributed by atoms with Crippen molar-refractivity contribution < 1.29 is 0 Å². The first-order valence-corrected chi connectivity index (χ1v) is 7.18. The summed E-state index contributed by atoms with van der Waals surface area (Å²) < 4.78 is 2.94. The fraction of sp³-hybridized carbons (Fsp3) is 0.500. The van der Waals surface area contributed by atoms with Gasteiger partial charge in [0.1, 0.15) is 0 Å². The largest absolute Gasteiger partial charge is 0.329 e. The fourth-order valence-electron chi connectivity index (χ4n) is 2.26. The highest BCUT2D eigenvalue weighted by Crippen LogP contribution is 2.27. The van der Waals surface area contributed by atoms with Gasteiger partial charge in [-0.15, -0.1) is 0 Å². The van der Waals surface area contributed by atoms with Crippen molar-refractivity contribution >= 4 is 34.9 Å². The van der Waals surface area contributed by atoms with E-state index >= 15 is 0 Å². The SMILES string of the molecule is CC(C)CCC(C)n1c(=S)[nH]c2c(Cl)cccc21. The van der Waals surface area contributed by atoms with Crippen LogP contribution in [0.25, 0.3) is 11.0 Å². The molecule has 0 aliphatic heterocycles. The molecule has 2 aromatic rings. The maximum atomic E-state index is 6.18. The van der Waals surface area contributed by atoms with Gasteiger partial charge in [-0.3, -0.25) is 0 Å². The third kappa shape index (κ3) is 2.62. The first-order chi connectivity index (χ1) is 8.50. The Morgan fingerprint density at radius 2 is 2.00 bits per heavy atom. The Morgan fingerprint density at radius 3 is 2.67 bits per heavy atom. The van der Waals surface area contributed by atoms with Crippen molar-refractivity contribution in [3.05, 3.63) is 28.0 Å². The summed E-state index contributed by atoms with van der Waals surface area (Å²) in [6, 6.07) is 6.32. The predicted molar refractivity (Wildman–Crippen MR) is 80.9 cm³/mol. The van der Waals surface area contributed by atoms with E-state index in [0.717, 1.165) is 33.2 Å². The molecule has 0 bridgehead atoms. The lowest BCUT2D eigenvalue weighted by atomic mass is 10.0. The molecule has 1 heterocycles. The molecule has 0 radical (unpaired) electrons. The first-order valence-electron chi connectivity index (χ1n) is 6.39. The van der Waals surface area contributed by atoms with Crippen LogP contribution in [0, 0.1) is 10.7 Å². The van der Waals surface area contributed by atoms with Crippen molar-refractivity contribution in [3.63, 3.8) is 0 Å². The molecule has 1 N–H and O–H groups in total. The minimum Gasteiger partial charge on any atom is -0.329 e. The van der Waals surface area contributed by atoms with Gasteiger partial charge >= 0.3 is 0 Å². The molecule has 18 heavy (non-hydrogen) atoms. The van der Waals surface area contributed by atoms with Crippen LogP contribution in [0.1, 0.15) is 39.7 Å². The lowest BCUT2D eigenvalue weighted by Gasteiger charge is -2.15. The molecule has 0 spiro atoms. The molecule has 1 aromatic heterocycles. The first kappa shape index (κ1) is 13.6. The summed E-state index contributed by atoms with van der Waals surface area (Å²) in [6.45, 7) is 6.71. The molecule has 0 fully saturated rings. The van der Waals surface area contributed by atoms with Gasteiger partial charge in [0.2, 0.25) is 0 Å². The number of H-pyrrole nitrogens is 1. The van der Waals surface area contributed by atoms with Crippen molar-refractivity contribution in [2.75, 3.05) is 0 Å². The lowest BCUT2D eigenvalue weighted by molar-refractivity contribution is 0.443. The summed E-state index contributed by atoms with van der Waals surface area (Å²) in [5.41, 5.74) is 2.05. The highest BCUT2D eigenvalue weighted by atomic mass is 35.5. The molecule has 0 amide bonds. The number of para-hydroxylation sites is 1. The molecule has 0 aliphatic rings. The number of aromatic amines is 1. The minimum absolute atomic E-state index is 0.395. The van der Waals surface area contributed by atoms with Crippen molar-refractivity contribution in [3.8, 4) is 0 Å². The van der Waals surface area contributed by atoms with Gasteiger partial charge in [-0.1, -0.05) is 31.5 Å². The molecular formula is C14H19ClN2S. The van der Waals surface area contributed by atoms with Crippen LogP contribution in [0.3, 0.4) is 0 Å². The minimum atomic E-state index is 0.395. The Morgan fingerprint density at radius 1 is 1.28 bits per heavy atom. The molecule has 0 saturated carbocycles. The summed E-state index contributed by atoms with van der Waals surface area (Å²) in [5.74, 6) is 0.718. The van der Waals surface area contributed by atoms with Crippen LogP contribution in [0.15, 0.2) is 18.2 Å². The molecular weight excluding hydrogens is 264 g/mol. The normalized spacial score (nSPS) is 13.4. The third-order valence-corrected chi connectivity index (χ3v) is 3.92. The van der Waals surface area contributed by atoms with E-state index in [1.165, 1.54) is 6.42 Å². The topological polar surface area (TPSA) is 20.7 Å². The van der Waals surface area contributed by atoms with E-state index in [4.69, 9.17) is 23.8 Å². The number of aromatic nitrogens is 2. The highest BCUT2D eigenvalue weighted by molar-refractivity contribution is 7.71. The fourth-order valence-corrected chi connectivity index (χ4v) is 2.85. The zero-order valence-electron chi connectivity index (χ0n) is 11.0. The van der Waals surface area contributed by atoms with Crippen LogP contribution in [-0.2, 0) is 0 Å². The van der Waals surface area contributed by atoms with E-state index in [-0.39, 0.29) is 0 Å². The number of benzene rings is 1. The predicted octanol–water partition coefficient (Wildman–Crippen LogP) is 5.35. The van der Waals surface area contributed by atoms with E-state index in [1.54, 1.807) is 0 Å². The number of rotatable bonds is 4. The van der Waals surface area contributed by atoms with Crippen LogP contribution in [0.5, 0.6) is 0 Å². The number of nitrogens with zero attached hydrogens (tertiary/aromatic N) is 1. The van der Waals surface area contributed by atoms with Crippen LogP contribution >= 0.6 is 23.8 Å². The van der Waals surface area contributed by atoms with Crippen LogP contribution in [0.2, 0.25) is 5.02 Å². The zero-order chi connectivity index (χ0) is 13.3. The maximum Gasteiger partial charge on any atom is 0.178 e. The Bertz CT molecular complexity index is 597. The van der Waals surface area contributed by atoms with Crippen molar-refractivity contribution in [1.29, 1.82) is 0 Å². The third-order valence-electron chi connectivity index (χ3n) is 3.30. The van der Waals surface area contributed by atoms with Gasteiger partial charge in [0.15, 0.2) is 4.77 Å². The average Bonchev–Trinajstić information content (AvgIpc) is 2.64. The lowest BCUT2D eigenvalue weighted by Crippen LogP contribution is -2.06. The van der Waals surface area contributed by atoms with Gasteiger partial charge in [0, 0.05) is 6.04 Å². The van der Waals surface area contributed by atoms with Crippen LogP contribution in [0.4, 0.5) is 0 Å². The number of halogens is 1. The molecule has 0 saturated heterocycles. The molecule has 1 unspecified atom stereocenters. The number of hydrogen-bond donors (Lipinski definition) is 1. The zero-order valence-corrected chi connectivity index (χ0v) is 12.6. The Balaban J connectivity index is 2.41. The molecule has 0 aliphatic carbocycles. The van der Waals surface area contributed by atoms with Gasteiger partial charge in [0.25, 0.3) is 0 Å². The van der Waals surface area contributed by atoms with E-state index in [1.807, 2.05) is 12.1 Å². The van der Waals surface area contributed by atoms with E-state index in [9.17, 15) is 0 Å². The molecule has 1 aromatic carbocycles. The Hall–Kier alpha value is -0.800. The van der Waals surface area contributed by atoms with Gasteiger partial charge in [-0.05, 0) is 50.0 Å². The summed E-state index contributed by atoms with van der Waals surface area (Å²) in [4.78, 5) is 3.21. The molecule has 2 rings (SSSR count). The van der Waals surface area contributed by atoms with Crippen molar-refractivity contribution in [2.45, 2.75) is 39.7 Å². The average molecular weight is 283 g/mol. The maximum absolute atomic E-state index is 6.18. The summed E-state index contributed by atoms with van der Waals surface area (Å²) in [7, 11) is 0. The quantitative estimate of drug-likeness (QED) is 0.750. The Kier molecular flexibility index (Phi) is 4.13. The van der Waals surface area contributed by atoms with Gasteiger partial charge in [0.05, 0.1) is 16.1 Å². The standard InChI is InChI=1S/C14H19ClN2S/c1-9(2)7-8-10(3)17-12-6-4-5-11(15)13(12)16-14(17)18/h4-6,9-10H,7-8H2,1-3H3,(H,16,18). The van der Waals surface area contributed by atoms with E-state index in [2.05, 4.69) is 36.4 Å². The van der Waals surface area contributed by atoms with E-state index < -0.39 is 0 Å². The molecule has 1 atom stereocenters. The van der Waals surface area contributed by atoms with Gasteiger partial charge in [-0.2, -0.15) is 0 Å². The van der Waals surface area contributed by atoms with Crippen LogP contribution in [-0.4, -0.2) is 9.55 Å². The summed E-state index contributed by atoms with van der Waals surface area (Å²) in [5, 5.41) is 0.730. The van der Waals surface area contributed by atoms with E-state index in [0.29, 0.717) is 6.04 Å². The number of fused-ring (bicyclic) bond motifs is 1. The number of hydrogen-bond acceptors (Lipinski definition) is 1.